The Labute approximate surface area is 121 Å². The predicted molar refractivity (Wildman–Crippen MR) is 73.5 cm³/mol. The first-order valence-corrected chi connectivity index (χ1v) is 7.72. The Morgan fingerprint density at radius 3 is 2.19 bits per heavy atom. The van der Waals surface area contributed by atoms with Crippen LogP contribution in [0.4, 0.5) is 5.82 Å². The van der Waals surface area contributed by atoms with E-state index in [0.717, 1.165) is 11.8 Å². The van der Waals surface area contributed by atoms with Crippen molar-refractivity contribution in [1.82, 2.24) is 20.3 Å². The number of nitrogens with zero attached hydrogens (tertiary/aromatic N) is 4. The number of anilines is 1. The molecule has 2 aromatic rings. The molecule has 2 N–H and O–H groups in total. The molecule has 2 aromatic heterocycles. The van der Waals surface area contributed by atoms with Gasteiger partial charge < -0.3 is 10.4 Å². The van der Waals surface area contributed by atoms with E-state index in [1.807, 2.05) is 0 Å². The molecule has 0 spiro atoms. The zero-order valence-electron chi connectivity index (χ0n) is 11.6. The van der Waals surface area contributed by atoms with Crippen LogP contribution in [0.1, 0.15) is 32.1 Å². The average Bonchev–Trinajstić information content (AvgIpc) is 2.89. The predicted octanol–water partition coefficient (Wildman–Crippen LogP) is 1.95. The van der Waals surface area contributed by atoms with Gasteiger partial charge in [-0.2, -0.15) is 9.97 Å². The van der Waals surface area contributed by atoms with E-state index < -0.39 is 0 Å². The summed E-state index contributed by atoms with van der Waals surface area (Å²) in [7, 11) is 0. The minimum absolute atomic E-state index is 0.119. The highest BCUT2D eigenvalue weighted by atomic mass is 16.6. The van der Waals surface area contributed by atoms with Crippen molar-refractivity contribution in [2.24, 2.45) is 23.7 Å². The van der Waals surface area contributed by atoms with Gasteiger partial charge in [-0.1, -0.05) is 0 Å². The van der Waals surface area contributed by atoms with Gasteiger partial charge in [-0.3, -0.25) is 0 Å². The fraction of sp³-hybridized carbons (Fsp3) is 0.714. The molecule has 7 heteroatoms. The molecule has 4 aliphatic carbocycles. The fourth-order valence-corrected chi connectivity index (χ4v) is 5.04. The Hall–Kier alpha value is -1.92. The Kier molecular flexibility index (Phi) is 2.26. The van der Waals surface area contributed by atoms with E-state index in [-0.39, 0.29) is 11.5 Å². The average molecular weight is 287 g/mol. The summed E-state index contributed by atoms with van der Waals surface area (Å²) in [6.07, 6.45) is 6.68. The van der Waals surface area contributed by atoms with Gasteiger partial charge in [0, 0.05) is 6.04 Å². The third kappa shape index (κ3) is 1.72. The van der Waals surface area contributed by atoms with Crippen LogP contribution in [0.2, 0.25) is 0 Å². The number of hydrogen-bond donors (Lipinski definition) is 2. The molecular weight excluding hydrogens is 270 g/mol. The molecule has 6 rings (SSSR count). The third-order valence-corrected chi connectivity index (χ3v) is 5.63. The molecule has 0 amide bonds. The van der Waals surface area contributed by atoms with Crippen molar-refractivity contribution in [1.29, 1.82) is 0 Å². The fourth-order valence-electron chi connectivity index (χ4n) is 5.04. The van der Waals surface area contributed by atoms with Crippen molar-refractivity contribution in [3.05, 3.63) is 0 Å². The van der Waals surface area contributed by atoms with Gasteiger partial charge in [-0.15, -0.1) is 0 Å². The zero-order valence-corrected chi connectivity index (χ0v) is 11.6. The van der Waals surface area contributed by atoms with Crippen molar-refractivity contribution in [3.8, 4) is 5.88 Å². The smallest absolute Gasteiger partial charge is 0.257 e. The Morgan fingerprint density at radius 2 is 1.52 bits per heavy atom. The van der Waals surface area contributed by atoms with Crippen LogP contribution in [0, 0.1) is 23.7 Å². The first-order valence-electron chi connectivity index (χ1n) is 7.72. The Bertz CT molecular complexity index is 672. The van der Waals surface area contributed by atoms with Crippen LogP contribution in [0.5, 0.6) is 5.88 Å². The molecule has 0 radical (unpaired) electrons. The molecule has 0 aliphatic heterocycles. The quantitative estimate of drug-likeness (QED) is 0.871. The van der Waals surface area contributed by atoms with Crippen LogP contribution in [-0.4, -0.2) is 31.4 Å². The van der Waals surface area contributed by atoms with Crippen LogP contribution in [0.15, 0.2) is 4.63 Å². The van der Waals surface area contributed by atoms with Gasteiger partial charge in [0.05, 0.1) is 0 Å². The molecule has 2 heterocycles. The van der Waals surface area contributed by atoms with Gasteiger partial charge in [-0.25, -0.2) is 4.63 Å². The molecule has 0 saturated heterocycles. The number of rotatable bonds is 2. The minimum Gasteiger partial charge on any atom is -0.491 e. The number of fused-ring (bicyclic) bond motifs is 1. The molecule has 4 bridgehead atoms. The summed E-state index contributed by atoms with van der Waals surface area (Å²) in [5, 5.41) is 20.8. The van der Waals surface area contributed by atoms with E-state index in [0.29, 0.717) is 29.3 Å². The Balaban J connectivity index is 1.47. The molecule has 110 valence electrons. The standard InChI is InChI=1S/C14H17N5O2/c20-14-13(16-11-12(17-14)19-21-18-11)15-10-8-2-6-1-7(4-8)5-9(10)3-6/h6-10H,1-5H2,(H,15,16,18)(H,17,19,20). The first-order chi connectivity index (χ1) is 10.3. The lowest BCUT2D eigenvalue weighted by atomic mass is 9.54. The summed E-state index contributed by atoms with van der Waals surface area (Å²) in [5.74, 6) is 3.55. The highest BCUT2D eigenvalue weighted by Crippen LogP contribution is 2.54. The van der Waals surface area contributed by atoms with E-state index >= 15 is 0 Å². The lowest BCUT2D eigenvalue weighted by Gasteiger charge is -2.54. The summed E-state index contributed by atoms with van der Waals surface area (Å²) < 4.78 is 4.60. The van der Waals surface area contributed by atoms with Crippen LogP contribution in [0.3, 0.4) is 0 Å². The maximum Gasteiger partial charge on any atom is 0.257 e. The van der Waals surface area contributed by atoms with Gasteiger partial charge >= 0.3 is 0 Å². The number of aromatic hydroxyl groups is 1. The van der Waals surface area contributed by atoms with Crippen molar-refractivity contribution >= 4 is 17.1 Å². The first kappa shape index (κ1) is 11.7. The van der Waals surface area contributed by atoms with E-state index in [9.17, 15) is 5.11 Å². The number of nitrogens with one attached hydrogen (secondary N) is 1. The SMILES string of the molecule is Oc1nc2nonc2nc1NC1C2CC3CC(C2)CC1C3. The van der Waals surface area contributed by atoms with Crippen molar-refractivity contribution in [3.63, 3.8) is 0 Å². The van der Waals surface area contributed by atoms with Crippen LogP contribution >= 0.6 is 0 Å². The monoisotopic (exact) mass is 287 g/mol. The number of hydrogen-bond acceptors (Lipinski definition) is 7. The second-order valence-corrected chi connectivity index (χ2v) is 6.91. The number of aromatic nitrogens is 4. The van der Waals surface area contributed by atoms with Crippen molar-refractivity contribution < 1.29 is 9.74 Å². The molecule has 7 nitrogen and oxygen atoms in total. The van der Waals surface area contributed by atoms with E-state index in [2.05, 4.69) is 30.2 Å². The van der Waals surface area contributed by atoms with Gasteiger partial charge in [-0.05, 0) is 66.1 Å². The third-order valence-electron chi connectivity index (χ3n) is 5.63. The lowest BCUT2D eigenvalue weighted by molar-refractivity contribution is 0.00735. The highest BCUT2D eigenvalue weighted by molar-refractivity contribution is 5.68. The summed E-state index contributed by atoms with van der Waals surface area (Å²) in [4.78, 5) is 8.28. The molecule has 4 saturated carbocycles. The largest absolute Gasteiger partial charge is 0.491 e. The molecule has 4 aliphatic rings. The summed E-state index contributed by atoms with van der Waals surface area (Å²) >= 11 is 0. The molecule has 0 unspecified atom stereocenters. The van der Waals surface area contributed by atoms with Crippen molar-refractivity contribution in [2.75, 3.05) is 5.32 Å². The van der Waals surface area contributed by atoms with E-state index in [1.165, 1.54) is 32.1 Å². The summed E-state index contributed by atoms with van der Waals surface area (Å²) in [6.45, 7) is 0. The molecule has 0 atom stereocenters. The minimum atomic E-state index is -0.119. The second-order valence-electron chi connectivity index (χ2n) is 6.91. The van der Waals surface area contributed by atoms with E-state index in [4.69, 9.17) is 0 Å². The van der Waals surface area contributed by atoms with Crippen LogP contribution < -0.4 is 5.32 Å². The molecule has 4 fully saturated rings. The van der Waals surface area contributed by atoms with Gasteiger partial charge in [0.15, 0.2) is 5.82 Å². The highest BCUT2D eigenvalue weighted by Gasteiger charge is 2.48. The van der Waals surface area contributed by atoms with Crippen LogP contribution in [0.25, 0.3) is 11.3 Å². The maximum atomic E-state index is 10.0. The molecule has 0 aromatic carbocycles. The lowest BCUT2D eigenvalue weighted by Crippen LogP contribution is -2.51. The maximum absolute atomic E-state index is 10.0. The molecular formula is C14H17N5O2. The van der Waals surface area contributed by atoms with Crippen molar-refractivity contribution in [2.45, 2.75) is 38.1 Å². The van der Waals surface area contributed by atoms with E-state index in [1.54, 1.807) is 0 Å². The topological polar surface area (TPSA) is 97.0 Å². The summed E-state index contributed by atoms with van der Waals surface area (Å²) in [6, 6.07) is 0.398. The normalized spacial score (nSPS) is 37.2. The van der Waals surface area contributed by atoms with Gasteiger partial charge in [0.25, 0.3) is 5.88 Å². The van der Waals surface area contributed by atoms with Crippen LogP contribution in [-0.2, 0) is 0 Å². The molecule has 21 heavy (non-hydrogen) atoms. The second kappa shape index (κ2) is 4.05. The Morgan fingerprint density at radius 1 is 0.905 bits per heavy atom. The van der Waals surface area contributed by atoms with Gasteiger partial charge in [0.2, 0.25) is 11.3 Å². The zero-order chi connectivity index (χ0) is 14.0. The summed E-state index contributed by atoms with van der Waals surface area (Å²) in [5.41, 5.74) is 0.572. The van der Waals surface area contributed by atoms with Gasteiger partial charge in [0.1, 0.15) is 0 Å².